The number of rotatable bonds is 4. The normalized spacial score (nSPS) is 53.3. The Morgan fingerprint density at radius 2 is 2.00 bits per heavy atom. The van der Waals surface area contributed by atoms with Gasteiger partial charge >= 0.3 is 0 Å². The van der Waals surface area contributed by atoms with Crippen molar-refractivity contribution in [3.63, 3.8) is 0 Å². The van der Waals surface area contributed by atoms with Crippen LogP contribution in [0.15, 0.2) is 11.6 Å². The summed E-state index contributed by atoms with van der Waals surface area (Å²) in [5.41, 5.74) is 2.33. The maximum Gasteiger partial charge on any atom is 0.0618 e. The molecule has 0 aromatic rings. The van der Waals surface area contributed by atoms with Crippen molar-refractivity contribution in [2.75, 3.05) is 6.61 Å². The zero-order valence-electron chi connectivity index (χ0n) is 19.6. The first-order valence-corrected chi connectivity index (χ1v) is 12.9. The molecule has 3 nitrogen and oxygen atoms in total. The summed E-state index contributed by atoms with van der Waals surface area (Å²) in [7, 11) is 0. The number of allylic oxidation sites excluding steroid dienone is 1. The highest BCUT2D eigenvalue weighted by Gasteiger charge is 2.64. The Morgan fingerprint density at radius 3 is 2.77 bits per heavy atom. The number of aliphatic hydroxyl groups is 2. The summed E-state index contributed by atoms with van der Waals surface area (Å²) in [6.45, 7) is 10.0. The smallest absolute Gasteiger partial charge is 0.0618 e. The fourth-order valence-electron chi connectivity index (χ4n) is 9.20. The van der Waals surface area contributed by atoms with E-state index in [0.29, 0.717) is 47.4 Å². The first kappa shape index (κ1) is 21.5. The van der Waals surface area contributed by atoms with Crippen LogP contribution in [0.3, 0.4) is 0 Å². The van der Waals surface area contributed by atoms with E-state index in [4.69, 9.17) is 4.74 Å². The molecule has 170 valence electrons. The minimum atomic E-state index is -0.111. The quantitative estimate of drug-likeness (QED) is 0.608. The lowest BCUT2D eigenvalue weighted by atomic mass is 9.47. The van der Waals surface area contributed by atoms with Gasteiger partial charge in [0.1, 0.15) is 0 Å². The van der Waals surface area contributed by atoms with Crippen LogP contribution < -0.4 is 0 Å². The van der Waals surface area contributed by atoms with Crippen molar-refractivity contribution >= 4 is 0 Å². The third kappa shape index (κ3) is 3.09. The molecule has 0 aromatic heterocycles. The van der Waals surface area contributed by atoms with E-state index in [2.05, 4.69) is 33.8 Å². The topological polar surface area (TPSA) is 49.7 Å². The van der Waals surface area contributed by atoms with Crippen LogP contribution in [0.25, 0.3) is 0 Å². The van der Waals surface area contributed by atoms with Gasteiger partial charge in [-0.25, -0.2) is 0 Å². The molecule has 0 bridgehead atoms. The molecule has 0 aromatic carbocycles. The number of hydrogen-bond acceptors (Lipinski definition) is 3. The monoisotopic (exact) mass is 416 g/mol. The molecular formula is C27H44O3. The number of ether oxygens (including phenoxy) is 1. The van der Waals surface area contributed by atoms with Gasteiger partial charge in [0, 0.05) is 6.61 Å². The summed E-state index contributed by atoms with van der Waals surface area (Å²) in [6.07, 6.45) is 13.8. The van der Waals surface area contributed by atoms with Gasteiger partial charge < -0.3 is 14.9 Å². The minimum absolute atomic E-state index is 0.111. The lowest BCUT2D eigenvalue weighted by molar-refractivity contribution is -0.0590. The van der Waals surface area contributed by atoms with E-state index in [1.54, 1.807) is 5.57 Å². The van der Waals surface area contributed by atoms with Gasteiger partial charge in [-0.3, -0.25) is 0 Å². The van der Waals surface area contributed by atoms with E-state index in [1.807, 2.05) is 0 Å². The zero-order valence-corrected chi connectivity index (χ0v) is 19.6. The maximum atomic E-state index is 10.2. The predicted molar refractivity (Wildman–Crippen MR) is 120 cm³/mol. The summed E-state index contributed by atoms with van der Waals surface area (Å²) in [6, 6.07) is 0. The zero-order chi connectivity index (χ0) is 21.3. The lowest BCUT2D eigenvalue weighted by Gasteiger charge is -2.58. The van der Waals surface area contributed by atoms with Crippen LogP contribution in [-0.2, 0) is 4.74 Å². The van der Waals surface area contributed by atoms with Crippen LogP contribution in [0.4, 0.5) is 0 Å². The number of aliphatic hydroxyl groups excluding tert-OH is 2. The molecule has 4 fully saturated rings. The molecule has 8 unspecified atom stereocenters. The van der Waals surface area contributed by atoms with Crippen molar-refractivity contribution in [2.24, 2.45) is 46.3 Å². The van der Waals surface area contributed by atoms with Gasteiger partial charge in [-0.1, -0.05) is 39.3 Å². The molecule has 0 spiro atoms. The van der Waals surface area contributed by atoms with Crippen LogP contribution in [0.1, 0.15) is 85.5 Å². The fraction of sp³-hybridized carbons (Fsp3) is 0.926. The summed E-state index contributed by atoms with van der Waals surface area (Å²) in [5, 5.41) is 19.6. The molecular weight excluding hydrogens is 372 g/mol. The van der Waals surface area contributed by atoms with Crippen LogP contribution in [0.2, 0.25) is 0 Å². The van der Waals surface area contributed by atoms with Gasteiger partial charge in [-0.15, -0.1) is 0 Å². The van der Waals surface area contributed by atoms with E-state index in [9.17, 15) is 10.2 Å². The van der Waals surface area contributed by atoms with E-state index in [1.165, 1.54) is 32.1 Å². The third-order valence-corrected chi connectivity index (χ3v) is 10.9. The minimum Gasteiger partial charge on any atom is -0.396 e. The lowest BCUT2D eigenvalue weighted by Crippen LogP contribution is -2.51. The maximum absolute atomic E-state index is 10.2. The van der Waals surface area contributed by atoms with Crippen molar-refractivity contribution in [2.45, 2.75) is 104 Å². The molecule has 3 saturated carbocycles. The molecule has 1 heterocycles. The highest BCUT2D eigenvalue weighted by Crippen LogP contribution is 2.69. The van der Waals surface area contributed by atoms with Gasteiger partial charge in [0.2, 0.25) is 0 Å². The molecule has 1 aliphatic heterocycles. The molecule has 5 aliphatic rings. The van der Waals surface area contributed by atoms with E-state index in [-0.39, 0.29) is 6.10 Å². The van der Waals surface area contributed by atoms with E-state index in [0.717, 1.165) is 43.4 Å². The Labute approximate surface area is 183 Å². The average Bonchev–Trinajstić information content (AvgIpc) is 3.20. The van der Waals surface area contributed by atoms with Crippen molar-refractivity contribution in [1.82, 2.24) is 0 Å². The second kappa shape index (κ2) is 7.59. The summed E-state index contributed by atoms with van der Waals surface area (Å²) >= 11 is 0. The van der Waals surface area contributed by atoms with Crippen LogP contribution in [-0.4, -0.2) is 35.1 Å². The molecule has 11 atom stereocenters. The van der Waals surface area contributed by atoms with Gasteiger partial charge in [0.25, 0.3) is 0 Å². The molecule has 0 amide bonds. The van der Waals surface area contributed by atoms with Crippen LogP contribution >= 0.6 is 0 Å². The van der Waals surface area contributed by atoms with Crippen molar-refractivity contribution < 1.29 is 14.9 Å². The van der Waals surface area contributed by atoms with Crippen LogP contribution in [0, 0.1) is 46.3 Å². The van der Waals surface area contributed by atoms with E-state index < -0.39 is 0 Å². The van der Waals surface area contributed by atoms with Crippen molar-refractivity contribution in [3.8, 4) is 0 Å². The van der Waals surface area contributed by atoms with Gasteiger partial charge in [0.15, 0.2) is 0 Å². The standard InChI is InChI=1S/C27H44O3/c1-16(15-28)5-8-23-17(2)25-24(30-23)14-22-20-7-6-18-13-19(29)9-11-26(18,3)21(20)10-12-27(22,25)4/h6,16-17,19-25,28-29H,5,7-15H2,1-4H3/t16?,17-,19?,20?,21?,22?,23?,24?,25?,26+,27+/m1/s1. The Balaban J connectivity index is 1.34. The molecule has 5 rings (SSSR count). The van der Waals surface area contributed by atoms with Gasteiger partial charge in [0.05, 0.1) is 18.3 Å². The molecule has 30 heavy (non-hydrogen) atoms. The summed E-state index contributed by atoms with van der Waals surface area (Å²) in [4.78, 5) is 0. The highest BCUT2D eigenvalue weighted by molar-refractivity contribution is 5.26. The highest BCUT2D eigenvalue weighted by atomic mass is 16.5. The first-order chi connectivity index (χ1) is 14.3. The summed E-state index contributed by atoms with van der Waals surface area (Å²) < 4.78 is 6.75. The van der Waals surface area contributed by atoms with E-state index >= 15 is 0 Å². The fourth-order valence-corrected chi connectivity index (χ4v) is 9.20. The molecule has 4 aliphatic carbocycles. The van der Waals surface area contributed by atoms with Crippen molar-refractivity contribution in [1.29, 1.82) is 0 Å². The first-order valence-electron chi connectivity index (χ1n) is 12.9. The Bertz CT molecular complexity index is 688. The molecule has 1 saturated heterocycles. The Kier molecular flexibility index (Phi) is 5.43. The molecule has 2 N–H and O–H groups in total. The van der Waals surface area contributed by atoms with Gasteiger partial charge in [-0.2, -0.15) is 0 Å². The largest absolute Gasteiger partial charge is 0.396 e. The second-order valence-electron chi connectivity index (χ2n) is 12.4. The average molecular weight is 417 g/mol. The SMILES string of the molecule is CC(CO)CCC1OC2CC3C4CC=C5CC(O)CC[C@]5(C)C4CC[C@]3(C)C2[C@@H]1C. The van der Waals surface area contributed by atoms with Crippen molar-refractivity contribution in [3.05, 3.63) is 11.6 Å². The number of fused-ring (bicyclic) bond motifs is 7. The van der Waals surface area contributed by atoms with Crippen LogP contribution in [0.5, 0.6) is 0 Å². The Hall–Kier alpha value is -0.380. The second-order valence-corrected chi connectivity index (χ2v) is 12.4. The summed E-state index contributed by atoms with van der Waals surface area (Å²) in [5.74, 6) is 4.15. The predicted octanol–water partition coefficient (Wildman–Crippen LogP) is 5.35. The molecule has 0 radical (unpaired) electrons. The molecule has 3 heteroatoms. The Morgan fingerprint density at radius 1 is 1.20 bits per heavy atom. The van der Waals surface area contributed by atoms with Gasteiger partial charge in [-0.05, 0) is 104 Å². The number of hydrogen-bond donors (Lipinski definition) is 2. The third-order valence-electron chi connectivity index (χ3n) is 10.9.